The highest BCUT2D eigenvalue weighted by Crippen LogP contribution is 2.22. The summed E-state index contributed by atoms with van der Waals surface area (Å²) in [4.78, 5) is 28.3. The predicted octanol–water partition coefficient (Wildman–Crippen LogP) is 1.60. The Morgan fingerprint density at radius 2 is 2.00 bits per heavy atom. The second kappa shape index (κ2) is 5.36. The van der Waals surface area contributed by atoms with Gasteiger partial charge in [0.05, 0.1) is 6.54 Å². The monoisotopic (exact) mass is 273 g/mol. The van der Waals surface area contributed by atoms with Gasteiger partial charge < -0.3 is 15.2 Å². The van der Waals surface area contributed by atoms with Gasteiger partial charge in [-0.05, 0) is 37.6 Å². The maximum atomic E-state index is 12.3. The second-order valence-electron chi connectivity index (χ2n) is 4.97. The molecule has 0 bridgehead atoms. The number of carbonyl (C=O) groups is 2. The molecular formula is C15H19N3O2. The highest BCUT2D eigenvalue weighted by Gasteiger charge is 2.15. The number of fused-ring (bicyclic) bond motifs is 1. The Bertz CT molecular complexity index is 673. The average Bonchev–Trinajstić information content (AvgIpc) is 2.72. The molecule has 20 heavy (non-hydrogen) atoms. The van der Waals surface area contributed by atoms with E-state index >= 15 is 0 Å². The number of aromatic nitrogens is 1. The van der Waals surface area contributed by atoms with Crippen LogP contribution in [0.25, 0.3) is 10.9 Å². The third-order valence-electron chi connectivity index (χ3n) is 3.56. The molecule has 0 atom stereocenters. The fourth-order valence-electron chi connectivity index (χ4n) is 2.18. The number of rotatable bonds is 3. The van der Waals surface area contributed by atoms with Crippen LogP contribution in [0.3, 0.4) is 0 Å². The Balaban J connectivity index is 2.30. The number of hydrogen-bond acceptors (Lipinski definition) is 2. The number of hydrogen-bond donors (Lipinski definition) is 2. The third-order valence-corrected chi connectivity index (χ3v) is 3.56. The zero-order valence-electron chi connectivity index (χ0n) is 12.2. The number of carbonyl (C=O) groups excluding carboxylic acids is 2. The van der Waals surface area contributed by atoms with Gasteiger partial charge in [0, 0.05) is 36.3 Å². The lowest BCUT2D eigenvalue weighted by Gasteiger charge is -2.16. The quantitative estimate of drug-likeness (QED) is 0.892. The van der Waals surface area contributed by atoms with Gasteiger partial charge in [-0.1, -0.05) is 0 Å². The summed E-state index contributed by atoms with van der Waals surface area (Å²) in [5.41, 5.74) is 3.85. The Kier molecular flexibility index (Phi) is 3.79. The standard InChI is InChI=1S/C15H19N3O2/c1-9-10(2)17-13-6-5-11(7-12(9)13)15(20)18(4)8-14(19)16-3/h5-7,17H,8H2,1-4H3,(H,16,19). The van der Waals surface area contributed by atoms with Crippen LogP contribution >= 0.6 is 0 Å². The van der Waals surface area contributed by atoms with E-state index in [2.05, 4.69) is 10.3 Å². The summed E-state index contributed by atoms with van der Waals surface area (Å²) in [5.74, 6) is -0.343. The van der Waals surface area contributed by atoms with E-state index in [1.54, 1.807) is 20.2 Å². The Morgan fingerprint density at radius 1 is 1.30 bits per heavy atom. The summed E-state index contributed by atoms with van der Waals surface area (Å²) in [5, 5.41) is 3.55. The summed E-state index contributed by atoms with van der Waals surface area (Å²) in [6, 6.07) is 5.55. The molecule has 5 nitrogen and oxygen atoms in total. The molecule has 0 aliphatic heterocycles. The van der Waals surface area contributed by atoms with Gasteiger partial charge in [-0.2, -0.15) is 0 Å². The number of aromatic amines is 1. The van der Waals surface area contributed by atoms with Crippen molar-refractivity contribution in [2.45, 2.75) is 13.8 Å². The van der Waals surface area contributed by atoms with Gasteiger partial charge in [0.15, 0.2) is 0 Å². The Hall–Kier alpha value is -2.30. The maximum Gasteiger partial charge on any atom is 0.254 e. The molecule has 0 spiro atoms. The van der Waals surface area contributed by atoms with Crippen LogP contribution in [0.1, 0.15) is 21.6 Å². The molecule has 2 aromatic rings. The highest BCUT2D eigenvalue weighted by molar-refractivity contribution is 6.00. The maximum absolute atomic E-state index is 12.3. The zero-order valence-corrected chi connectivity index (χ0v) is 12.2. The van der Waals surface area contributed by atoms with Crippen LogP contribution in [0.4, 0.5) is 0 Å². The summed E-state index contributed by atoms with van der Waals surface area (Å²) >= 11 is 0. The highest BCUT2D eigenvalue weighted by atomic mass is 16.2. The largest absolute Gasteiger partial charge is 0.358 e. The summed E-state index contributed by atoms with van der Waals surface area (Å²) < 4.78 is 0. The van der Waals surface area contributed by atoms with Gasteiger partial charge >= 0.3 is 0 Å². The fraction of sp³-hybridized carbons (Fsp3) is 0.333. The molecule has 5 heteroatoms. The minimum atomic E-state index is -0.185. The van der Waals surface area contributed by atoms with E-state index < -0.39 is 0 Å². The molecule has 2 amide bonds. The van der Waals surface area contributed by atoms with Crippen LogP contribution < -0.4 is 5.32 Å². The number of benzene rings is 1. The van der Waals surface area contributed by atoms with Gasteiger partial charge in [0.1, 0.15) is 0 Å². The van der Waals surface area contributed by atoms with Crippen molar-refractivity contribution in [2.24, 2.45) is 0 Å². The fourth-order valence-corrected chi connectivity index (χ4v) is 2.18. The third kappa shape index (κ3) is 2.52. The molecule has 0 unspecified atom stereocenters. The topological polar surface area (TPSA) is 65.2 Å². The lowest BCUT2D eigenvalue weighted by atomic mass is 10.1. The molecule has 1 aromatic heterocycles. The molecular weight excluding hydrogens is 254 g/mol. The minimum absolute atomic E-state index is 0.0541. The van der Waals surface area contributed by atoms with E-state index in [9.17, 15) is 9.59 Å². The van der Waals surface area contributed by atoms with E-state index in [0.717, 1.165) is 22.2 Å². The van der Waals surface area contributed by atoms with Gasteiger partial charge in [0.2, 0.25) is 5.91 Å². The molecule has 0 aliphatic carbocycles. The van der Waals surface area contributed by atoms with E-state index in [0.29, 0.717) is 5.56 Å². The average molecular weight is 273 g/mol. The minimum Gasteiger partial charge on any atom is -0.358 e. The molecule has 106 valence electrons. The Labute approximate surface area is 118 Å². The first kappa shape index (κ1) is 14.1. The van der Waals surface area contributed by atoms with Crippen LogP contribution in [-0.4, -0.2) is 42.3 Å². The van der Waals surface area contributed by atoms with Gasteiger partial charge in [-0.3, -0.25) is 9.59 Å². The van der Waals surface area contributed by atoms with Crippen LogP contribution in [0.2, 0.25) is 0 Å². The SMILES string of the molecule is CNC(=O)CN(C)C(=O)c1ccc2[nH]c(C)c(C)c2c1. The lowest BCUT2D eigenvalue weighted by Crippen LogP contribution is -2.36. The van der Waals surface area contributed by atoms with Crippen molar-refractivity contribution in [3.63, 3.8) is 0 Å². The van der Waals surface area contributed by atoms with Crippen molar-refractivity contribution >= 4 is 22.7 Å². The molecule has 0 saturated carbocycles. The smallest absolute Gasteiger partial charge is 0.254 e. The number of nitrogens with one attached hydrogen (secondary N) is 2. The summed E-state index contributed by atoms with van der Waals surface area (Å²) in [6.07, 6.45) is 0. The van der Waals surface area contributed by atoms with E-state index in [1.165, 1.54) is 4.90 Å². The number of aryl methyl sites for hydroxylation is 2. The van der Waals surface area contributed by atoms with Crippen molar-refractivity contribution in [1.82, 2.24) is 15.2 Å². The normalized spacial score (nSPS) is 10.6. The van der Waals surface area contributed by atoms with E-state index in [1.807, 2.05) is 26.0 Å². The van der Waals surface area contributed by atoms with Crippen molar-refractivity contribution in [2.75, 3.05) is 20.6 Å². The molecule has 0 radical (unpaired) electrons. The van der Waals surface area contributed by atoms with Crippen LogP contribution in [0, 0.1) is 13.8 Å². The van der Waals surface area contributed by atoms with Crippen LogP contribution in [-0.2, 0) is 4.79 Å². The molecule has 2 N–H and O–H groups in total. The van der Waals surface area contributed by atoms with Gasteiger partial charge in [0.25, 0.3) is 5.91 Å². The van der Waals surface area contributed by atoms with Crippen molar-refractivity contribution < 1.29 is 9.59 Å². The van der Waals surface area contributed by atoms with E-state index in [4.69, 9.17) is 0 Å². The summed E-state index contributed by atoms with van der Waals surface area (Å²) in [7, 11) is 3.18. The molecule has 1 heterocycles. The lowest BCUT2D eigenvalue weighted by molar-refractivity contribution is -0.121. The van der Waals surface area contributed by atoms with Gasteiger partial charge in [-0.15, -0.1) is 0 Å². The first-order chi connectivity index (χ1) is 9.43. The molecule has 0 fully saturated rings. The van der Waals surface area contributed by atoms with Crippen molar-refractivity contribution in [3.05, 3.63) is 35.0 Å². The van der Waals surface area contributed by atoms with Crippen molar-refractivity contribution in [3.8, 4) is 0 Å². The first-order valence-corrected chi connectivity index (χ1v) is 6.49. The van der Waals surface area contributed by atoms with Crippen molar-refractivity contribution in [1.29, 1.82) is 0 Å². The second-order valence-corrected chi connectivity index (χ2v) is 4.97. The molecule has 2 rings (SSSR count). The number of amides is 2. The predicted molar refractivity (Wildman–Crippen MR) is 78.8 cm³/mol. The zero-order chi connectivity index (χ0) is 14.9. The Morgan fingerprint density at radius 3 is 2.65 bits per heavy atom. The number of nitrogens with zero attached hydrogens (tertiary/aromatic N) is 1. The van der Waals surface area contributed by atoms with Gasteiger partial charge in [-0.25, -0.2) is 0 Å². The molecule has 1 aromatic carbocycles. The first-order valence-electron chi connectivity index (χ1n) is 6.49. The summed E-state index contributed by atoms with van der Waals surface area (Å²) in [6.45, 7) is 4.09. The van der Waals surface area contributed by atoms with Crippen LogP contribution in [0.15, 0.2) is 18.2 Å². The number of likely N-dealkylation sites (N-methyl/N-ethyl adjacent to an activating group) is 2. The molecule has 0 saturated heterocycles. The van der Waals surface area contributed by atoms with E-state index in [-0.39, 0.29) is 18.4 Å². The number of H-pyrrole nitrogens is 1. The molecule has 0 aliphatic rings. The van der Waals surface area contributed by atoms with Crippen LogP contribution in [0.5, 0.6) is 0 Å².